The fraction of sp³-hybridized carbons (Fsp3) is 0.941. The highest BCUT2D eigenvalue weighted by Gasteiger charge is 2.58. The van der Waals surface area contributed by atoms with Crippen LogP contribution in [-0.2, 0) is 9.53 Å². The van der Waals surface area contributed by atoms with Gasteiger partial charge in [0.15, 0.2) is 0 Å². The molecule has 0 spiro atoms. The van der Waals surface area contributed by atoms with E-state index in [1.54, 1.807) is 0 Å². The van der Waals surface area contributed by atoms with E-state index in [2.05, 4.69) is 26.1 Å². The minimum atomic E-state index is 0.275. The average Bonchev–Trinajstić information content (AvgIpc) is 2.94. The summed E-state index contributed by atoms with van der Waals surface area (Å²) in [4.78, 5) is 14.1. The number of rotatable bonds is 4. The summed E-state index contributed by atoms with van der Waals surface area (Å²) in [6.07, 6.45) is 4.70. The molecule has 3 fully saturated rings. The summed E-state index contributed by atoms with van der Waals surface area (Å²) >= 11 is 0. The van der Waals surface area contributed by atoms with Crippen molar-refractivity contribution in [2.75, 3.05) is 32.8 Å². The standard InChI is InChI=1S/C17H30N2O2/c1-16(2)13-4-6-17(3,12-13)15(16)18-7-5-14(20)19-8-10-21-11-9-19/h13,15,18H,4-12H2,1-3H3. The lowest BCUT2D eigenvalue weighted by Gasteiger charge is -2.43. The van der Waals surface area contributed by atoms with Crippen LogP contribution in [0.2, 0.25) is 0 Å². The fourth-order valence-corrected chi connectivity index (χ4v) is 5.11. The van der Waals surface area contributed by atoms with Gasteiger partial charge in [0, 0.05) is 32.1 Å². The largest absolute Gasteiger partial charge is 0.378 e. The van der Waals surface area contributed by atoms with Crippen molar-refractivity contribution in [3.8, 4) is 0 Å². The van der Waals surface area contributed by atoms with Gasteiger partial charge in [0.2, 0.25) is 5.91 Å². The van der Waals surface area contributed by atoms with Crippen molar-refractivity contribution in [3.05, 3.63) is 0 Å². The van der Waals surface area contributed by atoms with Crippen LogP contribution in [-0.4, -0.2) is 49.7 Å². The predicted molar refractivity (Wildman–Crippen MR) is 83.0 cm³/mol. The summed E-state index contributed by atoms with van der Waals surface area (Å²) in [6, 6.07) is 0.557. The van der Waals surface area contributed by atoms with Gasteiger partial charge in [-0.15, -0.1) is 0 Å². The molecule has 120 valence electrons. The van der Waals surface area contributed by atoms with E-state index >= 15 is 0 Å². The molecule has 4 nitrogen and oxygen atoms in total. The lowest BCUT2D eigenvalue weighted by molar-refractivity contribution is -0.135. The zero-order valence-corrected chi connectivity index (χ0v) is 13.8. The molecule has 0 aromatic rings. The SMILES string of the molecule is CC12CCC(C1)C(C)(C)C2NCCC(=O)N1CCOCC1. The highest BCUT2D eigenvalue weighted by Crippen LogP contribution is 2.62. The van der Waals surface area contributed by atoms with Crippen molar-refractivity contribution >= 4 is 5.91 Å². The van der Waals surface area contributed by atoms with Crippen LogP contribution in [0.4, 0.5) is 0 Å². The van der Waals surface area contributed by atoms with Crippen LogP contribution in [0.25, 0.3) is 0 Å². The number of nitrogens with one attached hydrogen (secondary N) is 1. The molecule has 3 unspecified atom stereocenters. The Hall–Kier alpha value is -0.610. The first kappa shape index (κ1) is 15.3. The number of ether oxygens (including phenoxy) is 1. The quantitative estimate of drug-likeness (QED) is 0.863. The van der Waals surface area contributed by atoms with Crippen molar-refractivity contribution in [1.82, 2.24) is 10.2 Å². The molecule has 3 atom stereocenters. The van der Waals surface area contributed by atoms with E-state index < -0.39 is 0 Å². The Morgan fingerprint density at radius 1 is 1.29 bits per heavy atom. The van der Waals surface area contributed by atoms with Gasteiger partial charge in [-0.2, -0.15) is 0 Å². The highest BCUT2D eigenvalue weighted by atomic mass is 16.5. The van der Waals surface area contributed by atoms with Gasteiger partial charge in [-0.1, -0.05) is 20.8 Å². The zero-order valence-electron chi connectivity index (χ0n) is 13.8. The number of carbonyl (C=O) groups is 1. The van der Waals surface area contributed by atoms with Gasteiger partial charge in [0.25, 0.3) is 0 Å². The van der Waals surface area contributed by atoms with Gasteiger partial charge >= 0.3 is 0 Å². The van der Waals surface area contributed by atoms with Crippen molar-refractivity contribution in [1.29, 1.82) is 0 Å². The lowest BCUT2D eigenvalue weighted by atomic mass is 9.68. The van der Waals surface area contributed by atoms with Crippen molar-refractivity contribution in [3.63, 3.8) is 0 Å². The normalized spacial score (nSPS) is 38.0. The Kier molecular flexibility index (Phi) is 4.04. The van der Waals surface area contributed by atoms with Gasteiger partial charge in [-0.3, -0.25) is 4.79 Å². The summed E-state index contributed by atoms with van der Waals surface area (Å²) in [5, 5.41) is 3.74. The van der Waals surface area contributed by atoms with Gasteiger partial charge in [0.1, 0.15) is 0 Å². The lowest BCUT2D eigenvalue weighted by Crippen LogP contribution is -2.51. The number of hydrogen-bond donors (Lipinski definition) is 1. The van der Waals surface area contributed by atoms with E-state index in [0.29, 0.717) is 36.5 Å². The van der Waals surface area contributed by atoms with Crippen LogP contribution in [0, 0.1) is 16.7 Å². The molecule has 4 heteroatoms. The van der Waals surface area contributed by atoms with Crippen molar-refractivity contribution in [2.24, 2.45) is 16.7 Å². The van der Waals surface area contributed by atoms with Crippen molar-refractivity contribution < 1.29 is 9.53 Å². The molecule has 1 aliphatic heterocycles. The molecule has 2 bridgehead atoms. The number of carbonyl (C=O) groups excluding carboxylic acids is 1. The third kappa shape index (κ3) is 2.72. The predicted octanol–water partition coefficient (Wildman–Crippen LogP) is 2.04. The summed E-state index contributed by atoms with van der Waals surface area (Å²) < 4.78 is 5.30. The number of hydrogen-bond acceptors (Lipinski definition) is 3. The van der Waals surface area contributed by atoms with E-state index in [4.69, 9.17) is 4.74 Å². The molecule has 2 aliphatic carbocycles. The molecule has 1 saturated heterocycles. The van der Waals surface area contributed by atoms with Crippen LogP contribution in [0.5, 0.6) is 0 Å². The van der Waals surface area contributed by atoms with E-state index in [9.17, 15) is 4.79 Å². The van der Waals surface area contributed by atoms with Gasteiger partial charge in [-0.05, 0) is 36.0 Å². The molecule has 0 aromatic carbocycles. The molecule has 0 radical (unpaired) electrons. The maximum absolute atomic E-state index is 12.2. The summed E-state index contributed by atoms with van der Waals surface area (Å²) in [5.41, 5.74) is 0.811. The Balaban J connectivity index is 1.50. The summed E-state index contributed by atoms with van der Waals surface area (Å²) in [7, 11) is 0. The van der Waals surface area contributed by atoms with E-state index in [1.807, 2.05) is 4.90 Å². The highest BCUT2D eigenvalue weighted by molar-refractivity contribution is 5.76. The molecule has 1 amide bonds. The molecular formula is C17H30N2O2. The van der Waals surface area contributed by atoms with Crippen LogP contribution >= 0.6 is 0 Å². The third-order valence-electron chi connectivity index (χ3n) is 6.32. The van der Waals surface area contributed by atoms with E-state index in [1.165, 1.54) is 19.3 Å². The van der Waals surface area contributed by atoms with Gasteiger partial charge < -0.3 is 15.0 Å². The minimum absolute atomic E-state index is 0.275. The second-order valence-electron chi connectivity index (χ2n) is 8.05. The van der Waals surface area contributed by atoms with E-state index in [0.717, 1.165) is 25.6 Å². The smallest absolute Gasteiger partial charge is 0.224 e. The number of morpholine rings is 1. The van der Waals surface area contributed by atoms with E-state index in [-0.39, 0.29) is 5.91 Å². The average molecular weight is 294 g/mol. The maximum Gasteiger partial charge on any atom is 0.224 e. The second kappa shape index (κ2) is 5.54. The summed E-state index contributed by atoms with van der Waals surface area (Å²) in [6.45, 7) is 11.0. The van der Waals surface area contributed by atoms with Crippen LogP contribution < -0.4 is 5.32 Å². The molecule has 2 saturated carbocycles. The number of amides is 1. The number of fused-ring (bicyclic) bond motifs is 2. The Morgan fingerprint density at radius 2 is 2.00 bits per heavy atom. The first-order chi connectivity index (χ1) is 9.93. The van der Waals surface area contributed by atoms with Gasteiger partial charge in [-0.25, -0.2) is 0 Å². The molecule has 1 N–H and O–H groups in total. The molecule has 1 heterocycles. The minimum Gasteiger partial charge on any atom is -0.378 e. The molecular weight excluding hydrogens is 264 g/mol. The monoisotopic (exact) mass is 294 g/mol. The topological polar surface area (TPSA) is 41.6 Å². The van der Waals surface area contributed by atoms with Crippen LogP contribution in [0.15, 0.2) is 0 Å². The summed E-state index contributed by atoms with van der Waals surface area (Å²) in [5.74, 6) is 1.13. The fourth-order valence-electron chi connectivity index (χ4n) is 5.11. The van der Waals surface area contributed by atoms with Crippen LogP contribution in [0.1, 0.15) is 46.5 Å². The van der Waals surface area contributed by atoms with Crippen LogP contribution in [0.3, 0.4) is 0 Å². The molecule has 0 aromatic heterocycles. The third-order valence-corrected chi connectivity index (χ3v) is 6.32. The molecule has 3 rings (SSSR count). The first-order valence-electron chi connectivity index (χ1n) is 8.52. The zero-order chi connectivity index (χ0) is 15.1. The Bertz CT molecular complexity index is 399. The second-order valence-corrected chi connectivity index (χ2v) is 8.05. The molecule has 21 heavy (non-hydrogen) atoms. The molecule has 3 aliphatic rings. The maximum atomic E-state index is 12.2. The Labute approximate surface area is 128 Å². The Morgan fingerprint density at radius 3 is 2.62 bits per heavy atom. The first-order valence-corrected chi connectivity index (χ1v) is 8.52. The van der Waals surface area contributed by atoms with Gasteiger partial charge in [0.05, 0.1) is 13.2 Å². The van der Waals surface area contributed by atoms with Crippen molar-refractivity contribution in [2.45, 2.75) is 52.5 Å². The number of nitrogens with zero attached hydrogens (tertiary/aromatic N) is 1.